The molecule has 1 fully saturated rings. The van der Waals surface area contributed by atoms with Gasteiger partial charge in [-0.25, -0.2) is 12.8 Å². The van der Waals surface area contributed by atoms with Gasteiger partial charge in [0.1, 0.15) is 10.7 Å². The van der Waals surface area contributed by atoms with Crippen LogP contribution in [0.25, 0.3) is 0 Å². The molecule has 0 unspecified atom stereocenters. The summed E-state index contributed by atoms with van der Waals surface area (Å²) in [5.41, 5.74) is 0.995. The Balaban J connectivity index is 1.76. The Morgan fingerprint density at radius 3 is 2.30 bits per heavy atom. The third kappa shape index (κ3) is 3.31. The Kier molecular flexibility index (Phi) is 4.52. The highest BCUT2D eigenvalue weighted by molar-refractivity contribution is 7.89. The summed E-state index contributed by atoms with van der Waals surface area (Å²) < 4.78 is 40.4. The number of sulfonamides is 1. The van der Waals surface area contributed by atoms with Crippen LogP contribution in [0.1, 0.15) is 0 Å². The molecule has 3 rings (SSSR count). The van der Waals surface area contributed by atoms with Crippen LogP contribution in [0.2, 0.25) is 5.02 Å². The van der Waals surface area contributed by atoms with Crippen LogP contribution in [0.5, 0.6) is 0 Å². The molecule has 8 heteroatoms. The smallest absolute Gasteiger partial charge is 0.246 e. The lowest BCUT2D eigenvalue weighted by molar-refractivity contribution is 0.382. The molecule has 0 amide bonds. The zero-order valence-corrected chi connectivity index (χ0v) is 13.8. The normalized spacial score (nSPS) is 16.5. The topological polar surface area (TPSA) is 53.5 Å². The van der Waals surface area contributed by atoms with E-state index in [2.05, 4.69) is 9.88 Å². The maximum Gasteiger partial charge on any atom is 0.246 e. The van der Waals surface area contributed by atoms with Crippen LogP contribution >= 0.6 is 11.6 Å². The predicted molar refractivity (Wildman–Crippen MR) is 86.6 cm³/mol. The summed E-state index contributed by atoms with van der Waals surface area (Å²) in [5, 5.41) is 0.170. The molecule has 2 aromatic rings. The van der Waals surface area contributed by atoms with Gasteiger partial charge in [0.15, 0.2) is 0 Å². The van der Waals surface area contributed by atoms with E-state index in [0.29, 0.717) is 26.2 Å². The maximum atomic E-state index is 13.9. The zero-order chi connectivity index (χ0) is 16.4. The Hall–Kier alpha value is -1.70. The molecule has 0 aliphatic carbocycles. The van der Waals surface area contributed by atoms with Crippen LogP contribution in [-0.2, 0) is 10.0 Å². The molecule has 1 saturated heterocycles. The van der Waals surface area contributed by atoms with Crippen LogP contribution in [0, 0.1) is 5.82 Å². The first-order valence-corrected chi connectivity index (χ1v) is 8.90. The summed E-state index contributed by atoms with van der Waals surface area (Å²) in [6, 6.07) is 7.36. The second-order valence-electron chi connectivity index (χ2n) is 5.17. The second-order valence-corrected chi connectivity index (χ2v) is 7.51. The van der Waals surface area contributed by atoms with Crippen molar-refractivity contribution in [1.29, 1.82) is 0 Å². The van der Waals surface area contributed by atoms with E-state index in [-0.39, 0.29) is 9.92 Å². The minimum absolute atomic E-state index is 0.170. The minimum atomic E-state index is -3.85. The summed E-state index contributed by atoms with van der Waals surface area (Å²) in [6.07, 6.45) is 3.39. The first-order chi connectivity index (χ1) is 11.0. The number of pyridine rings is 1. The molecular formula is C15H15ClFN3O2S. The number of hydrogen-bond acceptors (Lipinski definition) is 4. The van der Waals surface area contributed by atoms with Gasteiger partial charge in [-0.2, -0.15) is 4.31 Å². The first-order valence-electron chi connectivity index (χ1n) is 7.08. The number of nitrogens with zero attached hydrogens (tertiary/aromatic N) is 3. The number of anilines is 1. The van der Waals surface area contributed by atoms with E-state index >= 15 is 0 Å². The van der Waals surface area contributed by atoms with E-state index in [1.165, 1.54) is 16.4 Å². The molecule has 5 nitrogen and oxygen atoms in total. The fourth-order valence-electron chi connectivity index (χ4n) is 2.57. The predicted octanol–water partition coefficient (Wildman–Crippen LogP) is 2.39. The van der Waals surface area contributed by atoms with Gasteiger partial charge in [0.2, 0.25) is 10.0 Å². The van der Waals surface area contributed by atoms with Crippen LogP contribution in [0.15, 0.2) is 47.6 Å². The van der Waals surface area contributed by atoms with Crippen LogP contribution in [0.4, 0.5) is 10.1 Å². The quantitative estimate of drug-likeness (QED) is 0.848. The third-order valence-electron chi connectivity index (χ3n) is 3.78. The summed E-state index contributed by atoms with van der Waals surface area (Å²) in [7, 11) is -3.85. The molecule has 0 radical (unpaired) electrons. The number of benzene rings is 1. The highest BCUT2D eigenvalue weighted by atomic mass is 35.5. The van der Waals surface area contributed by atoms with Gasteiger partial charge >= 0.3 is 0 Å². The summed E-state index contributed by atoms with van der Waals surface area (Å²) in [6.45, 7) is 1.68. The Morgan fingerprint density at radius 2 is 1.70 bits per heavy atom. The highest BCUT2D eigenvalue weighted by Gasteiger charge is 2.30. The number of hydrogen-bond donors (Lipinski definition) is 0. The standard InChI is InChI=1S/C15H15ClFN3O2S/c16-12-1-2-15(14(17)11-12)23(21,22)20-9-7-19(8-10-20)13-3-5-18-6-4-13/h1-6,11H,7-10H2. The van der Waals surface area contributed by atoms with Crippen molar-refractivity contribution < 1.29 is 12.8 Å². The van der Waals surface area contributed by atoms with Crippen molar-refractivity contribution in [3.05, 3.63) is 53.6 Å². The largest absolute Gasteiger partial charge is 0.369 e. The van der Waals surface area contributed by atoms with Gasteiger partial charge in [-0.05, 0) is 30.3 Å². The second kappa shape index (κ2) is 6.43. The first kappa shape index (κ1) is 16.2. The van der Waals surface area contributed by atoms with E-state index in [0.717, 1.165) is 11.8 Å². The van der Waals surface area contributed by atoms with E-state index < -0.39 is 15.8 Å². The van der Waals surface area contributed by atoms with Gasteiger partial charge in [-0.3, -0.25) is 4.98 Å². The van der Waals surface area contributed by atoms with E-state index in [9.17, 15) is 12.8 Å². The molecule has 122 valence electrons. The molecule has 1 aliphatic heterocycles. The molecular weight excluding hydrogens is 341 g/mol. The molecule has 1 aromatic heterocycles. The number of aromatic nitrogens is 1. The Bertz CT molecular complexity index is 794. The summed E-state index contributed by atoms with van der Waals surface area (Å²) >= 11 is 5.68. The van der Waals surface area contributed by atoms with Gasteiger partial charge < -0.3 is 4.90 Å². The van der Waals surface area contributed by atoms with Crippen molar-refractivity contribution in [2.75, 3.05) is 31.1 Å². The Morgan fingerprint density at radius 1 is 1.04 bits per heavy atom. The average molecular weight is 356 g/mol. The molecule has 0 spiro atoms. The monoisotopic (exact) mass is 355 g/mol. The number of rotatable bonds is 3. The summed E-state index contributed by atoms with van der Waals surface area (Å²) in [5.74, 6) is -0.825. The number of piperazine rings is 1. The molecule has 0 saturated carbocycles. The molecule has 23 heavy (non-hydrogen) atoms. The SMILES string of the molecule is O=S(=O)(c1ccc(Cl)cc1F)N1CCN(c2ccncc2)CC1. The van der Waals surface area contributed by atoms with E-state index in [1.807, 2.05) is 12.1 Å². The van der Waals surface area contributed by atoms with E-state index in [1.54, 1.807) is 12.4 Å². The van der Waals surface area contributed by atoms with Crippen molar-refractivity contribution in [3.8, 4) is 0 Å². The molecule has 1 aliphatic rings. The van der Waals surface area contributed by atoms with Crippen LogP contribution < -0.4 is 4.90 Å². The van der Waals surface area contributed by atoms with Gasteiger partial charge in [0, 0.05) is 49.3 Å². The van der Waals surface area contributed by atoms with Crippen molar-refractivity contribution in [2.24, 2.45) is 0 Å². The summed E-state index contributed by atoms with van der Waals surface area (Å²) in [4.78, 5) is 5.71. The van der Waals surface area contributed by atoms with Gasteiger partial charge in [-0.15, -0.1) is 0 Å². The zero-order valence-electron chi connectivity index (χ0n) is 12.2. The number of halogens is 2. The van der Waals surface area contributed by atoms with Crippen molar-refractivity contribution in [1.82, 2.24) is 9.29 Å². The minimum Gasteiger partial charge on any atom is -0.369 e. The average Bonchev–Trinajstić information content (AvgIpc) is 2.55. The molecule has 0 N–H and O–H groups in total. The lowest BCUT2D eigenvalue weighted by Crippen LogP contribution is -2.48. The Labute approximate surface area is 139 Å². The molecule has 0 atom stereocenters. The van der Waals surface area contributed by atoms with Gasteiger partial charge in [-0.1, -0.05) is 11.6 Å². The molecule has 2 heterocycles. The fourth-order valence-corrected chi connectivity index (χ4v) is 4.19. The van der Waals surface area contributed by atoms with Crippen molar-refractivity contribution in [2.45, 2.75) is 4.90 Å². The van der Waals surface area contributed by atoms with Crippen molar-refractivity contribution in [3.63, 3.8) is 0 Å². The molecule has 0 bridgehead atoms. The van der Waals surface area contributed by atoms with E-state index in [4.69, 9.17) is 11.6 Å². The highest BCUT2D eigenvalue weighted by Crippen LogP contribution is 2.24. The third-order valence-corrected chi connectivity index (χ3v) is 5.95. The van der Waals surface area contributed by atoms with Crippen LogP contribution in [0.3, 0.4) is 0 Å². The van der Waals surface area contributed by atoms with Gasteiger partial charge in [0.05, 0.1) is 0 Å². The molecule has 1 aromatic carbocycles. The maximum absolute atomic E-state index is 13.9. The van der Waals surface area contributed by atoms with Crippen LogP contribution in [-0.4, -0.2) is 43.9 Å². The van der Waals surface area contributed by atoms with Gasteiger partial charge in [0.25, 0.3) is 0 Å². The lowest BCUT2D eigenvalue weighted by Gasteiger charge is -2.35. The fraction of sp³-hybridized carbons (Fsp3) is 0.267. The lowest BCUT2D eigenvalue weighted by atomic mass is 10.3. The van der Waals surface area contributed by atoms with Crippen molar-refractivity contribution >= 4 is 27.3 Å².